The summed E-state index contributed by atoms with van der Waals surface area (Å²) in [5.41, 5.74) is -4.86. The van der Waals surface area contributed by atoms with Crippen LogP contribution in [-0.2, 0) is 10.1 Å². The number of benzene rings is 4. The molecular weight excluding hydrogens is 570 g/mol. The van der Waals surface area contributed by atoms with E-state index in [1.54, 1.807) is 19.1 Å². The smallest absolute Gasteiger partial charge is 0.375 e. The molecule has 38 heavy (non-hydrogen) atoms. The Morgan fingerprint density at radius 3 is 1.87 bits per heavy atom. The molecule has 0 aliphatic rings. The van der Waals surface area contributed by atoms with Gasteiger partial charge in [0.15, 0.2) is 5.75 Å². The first-order valence-electron chi connectivity index (χ1n) is 9.82. The summed E-state index contributed by atoms with van der Waals surface area (Å²) in [6.45, 7) is 3.10. The SMILES string of the molecule is C.Cc1c(F)ccc2ccc[c-]c12.Cc1c(F)ccc2cccc(OS(=O)(=O)C(F)(F)F)c12.FB(F)F.[K+]. The molecule has 0 spiro atoms. The average molecular weight is 590 g/mol. The molecule has 0 saturated carbocycles. The summed E-state index contributed by atoms with van der Waals surface area (Å²) in [6, 6.07) is 18.3. The van der Waals surface area contributed by atoms with E-state index in [2.05, 4.69) is 10.2 Å². The van der Waals surface area contributed by atoms with Crippen molar-refractivity contribution in [2.45, 2.75) is 26.8 Å². The average Bonchev–Trinajstić information content (AvgIpc) is 2.78. The zero-order valence-electron chi connectivity index (χ0n) is 19.5. The standard InChI is InChI=1S/C12H8F4O3S.C11H8F.CH4.BF3.K/c1-7-9(13)6-5-8-3-2-4-10(11(7)8)19-20(17,18)12(14,15)16;1-8-10-5-3-2-4-9(10)6-7-11(8)12;;2-1(3)4;/h2-6H,1H3;2-4,6-7H,1H3;1H4;;/q;-1;;;+1. The predicted molar refractivity (Wildman–Crippen MR) is 128 cm³/mol. The first-order valence-corrected chi connectivity index (χ1v) is 11.2. The van der Waals surface area contributed by atoms with Gasteiger partial charge >= 0.3 is 74.6 Å². The van der Waals surface area contributed by atoms with Gasteiger partial charge in [0.1, 0.15) is 5.82 Å². The van der Waals surface area contributed by atoms with Crippen LogP contribution in [0.4, 0.5) is 34.9 Å². The molecule has 4 aromatic carbocycles. The second kappa shape index (κ2) is 15.2. The Morgan fingerprint density at radius 1 is 0.816 bits per heavy atom. The molecule has 4 aromatic rings. The molecule has 0 bridgehead atoms. The van der Waals surface area contributed by atoms with Gasteiger partial charge in [-0.25, -0.2) is 8.78 Å². The number of fused-ring (bicyclic) bond motifs is 2. The summed E-state index contributed by atoms with van der Waals surface area (Å²) in [6.07, 6.45) is 0. The Kier molecular flexibility index (Phi) is 14.5. The van der Waals surface area contributed by atoms with Crippen molar-refractivity contribution in [2.24, 2.45) is 0 Å². The Bertz CT molecular complexity index is 1460. The predicted octanol–water partition coefficient (Wildman–Crippen LogP) is 5.12. The molecule has 4 rings (SSSR count). The van der Waals surface area contributed by atoms with Gasteiger partial charge < -0.3 is 4.18 Å². The molecule has 0 heterocycles. The van der Waals surface area contributed by atoms with Gasteiger partial charge in [-0.15, -0.1) is 35.0 Å². The van der Waals surface area contributed by atoms with Crippen molar-refractivity contribution >= 4 is 39.2 Å². The van der Waals surface area contributed by atoms with E-state index in [4.69, 9.17) is 0 Å². The van der Waals surface area contributed by atoms with Crippen LogP contribution in [-0.4, -0.2) is 21.5 Å². The maximum atomic E-state index is 13.5. The molecule has 0 fully saturated rings. The number of aryl methyl sites for hydroxylation is 2. The van der Waals surface area contributed by atoms with Crippen molar-refractivity contribution in [3.63, 3.8) is 0 Å². The normalized spacial score (nSPS) is 10.7. The molecule has 0 radical (unpaired) electrons. The minimum absolute atomic E-state index is 0. The first kappa shape index (κ1) is 36.3. The van der Waals surface area contributed by atoms with Crippen LogP contribution >= 0.6 is 0 Å². The molecule has 0 saturated heterocycles. The van der Waals surface area contributed by atoms with Gasteiger partial charge in [0, 0.05) is 5.39 Å². The molecule has 0 atom stereocenters. The van der Waals surface area contributed by atoms with Gasteiger partial charge in [-0.05, 0) is 36.1 Å². The second-order valence-electron chi connectivity index (χ2n) is 7.06. The topological polar surface area (TPSA) is 43.4 Å². The van der Waals surface area contributed by atoms with E-state index in [1.165, 1.54) is 31.2 Å². The molecule has 14 heteroatoms. The first-order chi connectivity index (χ1) is 16.7. The third-order valence-electron chi connectivity index (χ3n) is 4.71. The van der Waals surface area contributed by atoms with E-state index in [0.29, 0.717) is 10.9 Å². The summed E-state index contributed by atoms with van der Waals surface area (Å²) in [5.74, 6) is -1.39. The van der Waals surface area contributed by atoms with Crippen molar-refractivity contribution in [3.05, 3.63) is 89.5 Å². The van der Waals surface area contributed by atoms with Crippen molar-refractivity contribution in [3.8, 4) is 5.75 Å². The fourth-order valence-corrected chi connectivity index (χ4v) is 3.52. The Morgan fingerprint density at radius 2 is 1.32 bits per heavy atom. The molecule has 3 nitrogen and oxygen atoms in total. The number of hydrogen-bond acceptors (Lipinski definition) is 3. The minimum Gasteiger partial charge on any atom is -0.375 e. The van der Waals surface area contributed by atoms with Crippen molar-refractivity contribution in [1.82, 2.24) is 0 Å². The van der Waals surface area contributed by atoms with E-state index < -0.39 is 34.7 Å². The summed E-state index contributed by atoms with van der Waals surface area (Å²) in [7, 11) is -9.46. The summed E-state index contributed by atoms with van der Waals surface area (Å²) >= 11 is 0. The van der Waals surface area contributed by atoms with E-state index in [1.807, 2.05) is 12.1 Å². The molecule has 0 N–H and O–H groups in total. The molecule has 0 aliphatic heterocycles. The van der Waals surface area contributed by atoms with E-state index in [-0.39, 0.29) is 75.6 Å². The summed E-state index contributed by atoms with van der Waals surface area (Å²) < 4.78 is 119. The number of rotatable bonds is 2. The quantitative estimate of drug-likeness (QED) is 0.107. The van der Waals surface area contributed by atoms with Crippen LogP contribution in [0.15, 0.2) is 60.7 Å². The van der Waals surface area contributed by atoms with Gasteiger partial charge in [0.2, 0.25) is 0 Å². The van der Waals surface area contributed by atoms with E-state index in [9.17, 15) is 43.3 Å². The largest absolute Gasteiger partial charge is 1.00 e. The molecule has 0 amide bonds. The van der Waals surface area contributed by atoms with Crippen LogP contribution in [0.2, 0.25) is 0 Å². The van der Waals surface area contributed by atoms with Crippen LogP contribution in [0.1, 0.15) is 18.6 Å². The fourth-order valence-electron chi connectivity index (χ4n) is 3.05. The van der Waals surface area contributed by atoms with Crippen molar-refractivity contribution in [1.29, 1.82) is 0 Å². The molecule has 0 aromatic heterocycles. The Hall–Kier alpha value is -1.71. The van der Waals surface area contributed by atoms with E-state index in [0.717, 1.165) is 22.9 Å². The van der Waals surface area contributed by atoms with Crippen molar-refractivity contribution < 1.29 is 98.9 Å². The Balaban J connectivity index is 0.000000649. The molecule has 0 aliphatic carbocycles. The molecular formula is C24H20BF8KO3S. The van der Waals surface area contributed by atoms with E-state index >= 15 is 0 Å². The number of alkyl halides is 3. The monoisotopic (exact) mass is 590 g/mol. The van der Waals surface area contributed by atoms with Crippen molar-refractivity contribution in [2.75, 3.05) is 0 Å². The van der Waals surface area contributed by atoms with Crippen LogP contribution < -0.4 is 55.6 Å². The maximum Gasteiger partial charge on any atom is 1.00 e. The van der Waals surface area contributed by atoms with Crippen LogP contribution in [0, 0.1) is 31.5 Å². The van der Waals surface area contributed by atoms with Gasteiger partial charge in [-0.2, -0.15) is 21.6 Å². The third-order valence-corrected chi connectivity index (χ3v) is 5.68. The fraction of sp³-hybridized carbons (Fsp3) is 0.167. The van der Waals surface area contributed by atoms with Crippen LogP contribution in [0.25, 0.3) is 21.5 Å². The molecule has 200 valence electrons. The van der Waals surface area contributed by atoms with Gasteiger partial charge in [-0.1, -0.05) is 44.2 Å². The third kappa shape index (κ3) is 9.49. The minimum atomic E-state index is -5.79. The van der Waals surface area contributed by atoms with Crippen LogP contribution in [0.3, 0.4) is 0 Å². The summed E-state index contributed by atoms with van der Waals surface area (Å²) in [5, 5.41) is 2.27. The zero-order chi connectivity index (χ0) is 27.3. The summed E-state index contributed by atoms with van der Waals surface area (Å²) in [4.78, 5) is 0. The van der Waals surface area contributed by atoms with Crippen LogP contribution in [0.5, 0.6) is 5.75 Å². The van der Waals surface area contributed by atoms with Gasteiger partial charge in [-0.3, -0.25) is 12.9 Å². The van der Waals surface area contributed by atoms with Gasteiger partial charge in [0.05, 0.1) is 5.82 Å². The molecule has 0 unspecified atom stereocenters. The van der Waals surface area contributed by atoms with Gasteiger partial charge in [0.25, 0.3) is 0 Å². The second-order valence-corrected chi connectivity index (χ2v) is 8.60. The number of halogens is 8. The zero-order valence-corrected chi connectivity index (χ0v) is 23.4. The maximum absolute atomic E-state index is 13.5. The number of hydrogen-bond donors (Lipinski definition) is 0. The Labute approximate surface area is 257 Å².